The van der Waals surface area contributed by atoms with Crippen molar-refractivity contribution in [3.63, 3.8) is 0 Å². The van der Waals surface area contributed by atoms with Crippen molar-refractivity contribution in [3.8, 4) is 11.5 Å². The minimum absolute atomic E-state index is 0.434. The van der Waals surface area contributed by atoms with Gasteiger partial charge in [-0.05, 0) is 36.2 Å². The van der Waals surface area contributed by atoms with Gasteiger partial charge in [0.1, 0.15) is 11.5 Å². The Labute approximate surface area is 106 Å². The highest BCUT2D eigenvalue weighted by atomic mass is 35.5. The highest BCUT2D eigenvalue weighted by Crippen LogP contribution is 2.28. The lowest BCUT2D eigenvalue weighted by Crippen LogP contribution is -1.97. The number of para-hydroxylation sites is 1. The van der Waals surface area contributed by atoms with Gasteiger partial charge in [0.2, 0.25) is 0 Å². The fourth-order valence-electron chi connectivity index (χ4n) is 1.55. The van der Waals surface area contributed by atoms with Crippen LogP contribution >= 0.6 is 11.6 Å². The molecule has 2 aromatic carbocycles. The van der Waals surface area contributed by atoms with Crippen LogP contribution in [0.2, 0.25) is 5.02 Å². The van der Waals surface area contributed by atoms with E-state index in [-0.39, 0.29) is 0 Å². The van der Waals surface area contributed by atoms with Gasteiger partial charge in [0.25, 0.3) is 0 Å². The summed E-state index contributed by atoms with van der Waals surface area (Å²) in [6.07, 6.45) is 0. The SMILES string of the molecule is Cc1ccccc1Oc1ccc(CN)c(Cl)c1. The standard InChI is InChI=1S/C14H14ClNO/c1-10-4-2-3-5-14(10)17-12-7-6-11(9-16)13(15)8-12/h2-8H,9,16H2,1H3. The van der Waals surface area contributed by atoms with Crippen molar-refractivity contribution in [1.29, 1.82) is 0 Å². The molecule has 17 heavy (non-hydrogen) atoms. The predicted molar refractivity (Wildman–Crippen MR) is 70.6 cm³/mol. The normalized spacial score (nSPS) is 10.3. The van der Waals surface area contributed by atoms with Crippen molar-refractivity contribution in [1.82, 2.24) is 0 Å². The molecular formula is C14H14ClNO. The van der Waals surface area contributed by atoms with Crippen molar-refractivity contribution in [3.05, 3.63) is 58.6 Å². The van der Waals surface area contributed by atoms with E-state index >= 15 is 0 Å². The molecule has 0 aliphatic carbocycles. The lowest BCUT2D eigenvalue weighted by Gasteiger charge is -2.09. The van der Waals surface area contributed by atoms with Gasteiger partial charge in [0.05, 0.1) is 0 Å². The predicted octanol–water partition coefficient (Wildman–Crippen LogP) is 3.90. The third kappa shape index (κ3) is 2.78. The second-order valence-corrected chi connectivity index (χ2v) is 4.23. The molecule has 0 spiro atoms. The summed E-state index contributed by atoms with van der Waals surface area (Å²) in [4.78, 5) is 0. The van der Waals surface area contributed by atoms with E-state index < -0.39 is 0 Å². The number of hydrogen-bond donors (Lipinski definition) is 1. The number of nitrogens with two attached hydrogens (primary N) is 1. The molecule has 0 heterocycles. The fourth-order valence-corrected chi connectivity index (χ4v) is 1.80. The van der Waals surface area contributed by atoms with E-state index in [0.717, 1.165) is 22.6 Å². The molecule has 0 aliphatic rings. The lowest BCUT2D eigenvalue weighted by molar-refractivity contribution is 0.479. The van der Waals surface area contributed by atoms with Crippen molar-refractivity contribution in [2.75, 3.05) is 0 Å². The monoisotopic (exact) mass is 247 g/mol. The molecule has 0 atom stereocenters. The van der Waals surface area contributed by atoms with E-state index in [1.165, 1.54) is 0 Å². The zero-order chi connectivity index (χ0) is 12.3. The van der Waals surface area contributed by atoms with Crippen LogP contribution < -0.4 is 10.5 Å². The fraction of sp³-hybridized carbons (Fsp3) is 0.143. The molecule has 88 valence electrons. The first-order valence-corrected chi connectivity index (χ1v) is 5.80. The average Bonchev–Trinajstić information content (AvgIpc) is 2.32. The van der Waals surface area contributed by atoms with Gasteiger partial charge in [-0.1, -0.05) is 35.9 Å². The molecule has 0 fully saturated rings. The molecule has 0 aliphatic heterocycles. The molecule has 0 bridgehead atoms. The molecule has 2 rings (SSSR count). The molecule has 0 amide bonds. The van der Waals surface area contributed by atoms with Gasteiger partial charge in [0, 0.05) is 11.6 Å². The molecule has 2 N–H and O–H groups in total. The molecular weight excluding hydrogens is 234 g/mol. The highest BCUT2D eigenvalue weighted by Gasteiger charge is 2.03. The molecule has 2 aromatic rings. The number of ether oxygens (including phenoxy) is 1. The Morgan fingerprint density at radius 2 is 1.94 bits per heavy atom. The molecule has 0 aromatic heterocycles. The van der Waals surface area contributed by atoms with Gasteiger partial charge < -0.3 is 10.5 Å². The van der Waals surface area contributed by atoms with Gasteiger partial charge in [-0.3, -0.25) is 0 Å². The maximum Gasteiger partial charge on any atom is 0.130 e. The van der Waals surface area contributed by atoms with Crippen molar-refractivity contribution < 1.29 is 4.74 Å². The molecule has 0 saturated carbocycles. The van der Waals surface area contributed by atoms with E-state index in [2.05, 4.69) is 0 Å². The zero-order valence-electron chi connectivity index (χ0n) is 9.61. The topological polar surface area (TPSA) is 35.2 Å². The maximum atomic E-state index is 6.08. The maximum absolute atomic E-state index is 6.08. The number of rotatable bonds is 3. The summed E-state index contributed by atoms with van der Waals surface area (Å²) in [6.45, 7) is 2.44. The summed E-state index contributed by atoms with van der Waals surface area (Å²) in [5.74, 6) is 1.56. The Morgan fingerprint density at radius 1 is 1.18 bits per heavy atom. The Morgan fingerprint density at radius 3 is 2.59 bits per heavy atom. The van der Waals surface area contributed by atoms with Crippen LogP contribution in [0.25, 0.3) is 0 Å². The third-order valence-corrected chi connectivity index (χ3v) is 2.92. The van der Waals surface area contributed by atoms with Crippen LogP contribution in [0.4, 0.5) is 0 Å². The minimum Gasteiger partial charge on any atom is -0.457 e. The first kappa shape index (κ1) is 12.0. The summed E-state index contributed by atoms with van der Waals surface area (Å²) >= 11 is 6.08. The summed E-state index contributed by atoms with van der Waals surface area (Å²) < 4.78 is 5.76. The van der Waals surface area contributed by atoms with Gasteiger partial charge in [-0.15, -0.1) is 0 Å². The van der Waals surface area contributed by atoms with Crippen LogP contribution in [0.3, 0.4) is 0 Å². The van der Waals surface area contributed by atoms with Crippen LogP contribution in [-0.2, 0) is 6.54 Å². The Balaban J connectivity index is 2.25. The summed E-state index contributed by atoms with van der Waals surface area (Å²) in [7, 11) is 0. The minimum atomic E-state index is 0.434. The van der Waals surface area contributed by atoms with Gasteiger partial charge in [0.15, 0.2) is 0 Å². The second-order valence-electron chi connectivity index (χ2n) is 3.82. The average molecular weight is 248 g/mol. The number of aryl methyl sites for hydroxylation is 1. The Kier molecular flexibility index (Phi) is 3.67. The van der Waals surface area contributed by atoms with Gasteiger partial charge in [-0.2, -0.15) is 0 Å². The Hall–Kier alpha value is -1.51. The largest absolute Gasteiger partial charge is 0.457 e. The number of halogens is 1. The van der Waals surface area contributed by atoms with Crippen LogP contribution in [0.1, 0.15) is 11.1 Å². The highest BCUT2D eigenvalue weighted by molar-refractivity contribution is 6.31. The summed E-state index contributed by atoms with van der Waals surface area (Å²) in [6, 6.07) is 13.4. The van der Waals surface area contributed by atoms with Crippen LogP contribution in [0.5, 0.6) is 11.5 Å². The van der Waals surface area contributed by atoms with Crippen molar-refractivity contribution in [2.24, 2.45) is 5.73 Å². The molecule has 0 saturated heterocycles. The number of benzene rings is 2. The zero-order valence-corrected chi connectivity index (χ0v) is 10.4. The van der Waals surface area contributed by atoms with E-state index in [0.29, 0.717) is 11.6 Å². The van der Waals surface area contributed by atoms with Gasteiger partial charge >= 0.3 is 0 Å². The van der Waals surface area contributed by atoms with Crippen LogP contribution in [-0.4, -0.2) is 0 Å². The lowest BCUT2D eigenvalue weighted by atomic mass is 10.2. The van der Waals surface area contributed by atoms with E-state index in [9.17, 15) is 0 Å². The van der Waals surface area contributed by atoms with Crippen molar-refractivity contribution >= 4 is 11.6 Å². The summed E-state index contributed by atoms with van der Waals surface area (Å²) in [5.41, 5.74) is 7.56. The van der Waals surface area contributed by atoms with Gasteiger partial charge in [-0.25, -0.2) is 0 Å². The first-order chi connectivity index (χ1) is 8.20. The molecule has 0 unspecified atom stereocenters. The van der Waals surface area contributed by atoms with Crippen molar-refractivity contribution in [2.45, 2.75) is 13.5 Å². The molecule has 2 nitrogen and oxygen atoms in total. The smallest absolute Gasteiger partial charge is 0.130 e. The summed E-state index contributed by atoms with van der Waals surface area (Å²) in [5, 5.41) is 0.638. The number of hydrogen-bond acceptors (Lipinski definition) is 2. The molecule has 3 heteroatoms. The first-order valence-electron chi connectivity index (χ1n) is 5.42. The van der Waals surface area contributed by atoms with E-state index in [1.54, 1.807) is 6.07 Å². The van der Waals surface area contributed by atoms with Crippen LogP contribution in [0, 0.1) is 6.92 Å². The quantitative estimate of drug-likeness (QED) is 0.893. The molecule has 0 radical (unpaired) electrons. The van der Waals surface area contributed by atoms with E-state index in [1.807, 2.05) is 43.3 Å². The third-order valence-electron chi connectivity index (χ3n) is 2.57. The Bertz CT molecular complexity index is 525. The second kappa shape index (κ2) is 5.21. The van der Waals surface area contributed by atoms with E-state index in [4.69, 9.17) is 22.1 Å². The van der Waals surface area contributed by atoms with Crippen LogP contribution in [0.15, 0.2) is 42.5 Å².